The summed E-state index contributed by atoms with van der Waals surface area (Å²) in [7, 11) is 0. The number of hydrogen-bond acceptors (Lipinski definition) is 2. The molecule has 0 bridgehead atoms. The highest BCUT2D eigenvalue weighted by Crippen LogP contribution is 2.15. The first kappa shape index (κ1) is 8.14. The number of aldehydes is 1. The van der Waals surface area contributed by atoms with Crippen molar-refractivity contribution in [2.45, 2.75) is 20.3 Å². The van der Waals surface area contributed by atoms with Crippen LogP contribution in [0, 0.1) is 5.41 Å². The molecule has 0 saturated carbocycles. The molecule has 0 aromatic carbocycles. The van der Waals surface area contributed by atoms with E-state index < -0.39 is 11.4 Å². The molecule has 0 atom stereocenters. The first-order chi connectivity index (χ1) is 3.98. The SMILES string of the molecule is CC(C)(C=O)CC(=O)O. The van der Waals surface area contributed by atoms with Crippen LogP contribution >= 0.6 is 0 Å². The number of carbonyl (C=O) groups is 2. The van der Waals surface area contributed by atoms with E-state index >= 15 is 0 Å². The minimum atomic E-state index is -0.938. The summed E-state index contributed by atoms with van der Waals surface area (Å²) in [6.45, 7) is 3.18. The quantitative estimate of drug-likeness (QED) is 0.572. The monoisotopic (exact) mass is 130 g/mol. The summed E-state index contributed by atoms with van der Waals surface area (Å²) in [5, 5.41) is 8.22. The smallest absolute Gasteiger partial charge is 0.304 e. The fourth-order valence-electron chi connectivity index (χ4n) is 0.431. The molecule has 0 spiro atoms. The molecule has 0 radical (unpaired) electrons. The second-order valence-electron chi connectivity index (χ2n) is 2.68. The molecule has 0 aliphatic carbocycles. The van der Waals surface area contributed by atoms with Gasteiger partial charge in [-0.15, -0.1) is 0 Å². The van der Waals surface area contributed by atoms with Crippen LogP contribution in [-0.4, -0.2) is 17.4 Å². The van der Waals surface area contributed by atoms with Crippen molar-refractivity contribution in [3.05, 3.63) is 0 Å². The lowest BCUT2D eigenvalue weighted by atomic mass is 9.92. The van der Waals surface area contributed by atoms with Gasteiger partial charge in [-0.25, -0.2) is 0 Å². The lowest BCUT2D eigenvalue weighted by Gasteiger charge is -2.11. The highest BCUT2D eigenvalue weighted by Gasteiger charge is 2.19. The second-order valence-corrected chi connectivity index (χ2v) is 2.68. The zero-order valence-corrected chi connectivity index (χ0v) is 5.55. The van der Waals surface area contributed by atoms with Crippen molar-refractivity contribution < 1.29 is 14.7 Å². The highest BCUT2D eigenvalue weighted by molar-refractivity contribution is 5.73. The van der Waals surface area contributed by atoms with Crippen molar-refractivity contribution >= 4 is 12.3 Å². The van der Waals surface area contributed by atoms with E-state index in [1.807, 2.05) is 0 Å². The van der Waals surface area contributed by atoms with Gasteiger partial charge in [0.15, 0.2) is 0 Å². The Balaban J connectivity index is 3.86. The zero-order chi connectivity index (χ0) is 7.49. The normalized spacial score (nSPS) is 10.9. The lowest BCUT2D eigenvalue weighted by molar-refractivity contribution is -0.141. The van der Waals surface area contributed by atoms with E-state index in [0.717, 1.165) is 0 Å². The molecular weight excluding hydrogens is 120 g/mol. The van der Waals surface area contributed by atoms with Crippen molar-refractivity contribution in [3.63, 3.8) is 0 Å². The Morgan fingerprint density at radius 1 is 1.67 bits per heavy atom. The Hall–Kier alpha value is -0.860. The molecule has 0 aromatic rings. The van der Waals surface area contributed by atoms with Crippen molar-refractivity contribution in [2.75, 3.05) is 0 Å². The molecule has 0 heterocycles. The summed E-state index contributed by atoms with van der Waals surface area (Å²) >= 11 is 0. The van der Waals surface area contributed by atoms with Gasteiger partial charge >= 0.3 is 5.97 Å². The van der Waals surface area contributed by atoms with Gasteiger partial charge in [0, 0.05) is 5.41 Å². The molecule has 9 heavy (non-hydrogen) atoms. The van der Waals surface area contributed by atoms with E-state index in [2.05, 4.69) is 0 Å². The summed E-state index contributed by atoms with van der Waals surface area (Å²) in [5.74, 6) is -0.938. The average molecular weight is 130 g/mol. The van der Waals surface area contributed by atoms with Crippen LogP contribution in [0.5, 0.6) is 0 Å². The minimum absolute atomic E-state index is 0.101. The number of hydrogen-bond donors (Lipinski definition) is 1. The van der Waals surface area contributed by atoms with Gasteiger partial charge in [0.1, 0.15) is 6.29 Å². The molecule has 0 unspecified atom stereocenters. The van der Waals surface area contributed by atoms with E-state index in [0.29, 0.717) is 6.29 Å². The minimum Gasteiger partial charge on any atom is -0.481 e. The fourth-order valence-corrected chi connectivity index (χ4v) is 0.431. The van der Waals surface area contributed by atoms with Gasteiger partial charge in [-0.1, -0.05) is 13.8 Å². The van der Waals surface area contributed by atoms with E-state index in [9.17, 15) is 9.59 Å². The molecular formula is C6H10O3. The van der Waals surface area contributed by atoms with Crippen LogP contribution in [0.1, 0.15) is 20.3 Å². The Labute approximate surface area is 53.7 Å². The molecule has 1 N–H and O–H groups in total. The van der Waals surface area contributed by atoms with Crippen LogP contribution in [0.4, 0.5) is 0 Å². The third-order valence-corrected chi connectivity index (χ3v) is 0.926. The Kier molecular flexibility index (Phi) is 2.37. The number of carboxylic acid groups (broad SMARTS) is 1. The number of carboxylic acids is 1. The van der Waals surface area contributed by atoms with Crippen molar-refractivity contribution in [2.24, 2.45) is 5.41 Å². The van der Waals surface area contributed by atoms with Gasteiger partial charge in [0.25, 0.3) is 0 Å². The van der Waals surface area contributed by atoms with Crippen molar-refractivity contribution in [3.8, 4) is 0 Å². The maximum absolute atomic E-state index is 10.1. The van der Waals surface area contributed by atoms with Crippen molar-refractivity contribution in [1.82, 2.24) is 0 Å². The van der Waals surface area contributed by atoms with Gasteiger partial charge in [0.2, 0.25) is 0 Å². The molecule has 0 aromatic heterocycles. The third kappa shape index (κ3) is 3.70. The van der Waals surface area contributed by atoms with Gasteiger partial charge < -0.3 is 9.90 Å². The first-order valence-electron chi connectivity index (χ1n) is 2.66. The van der Waals surface area contributed by atoms with Gasteiger partial charge in [-0.05, 0) is 0 Å². The summed E-state index contributed by atoms with van der Waals surface area (Å²) in [6.07, 6.45) is 0.553. The van der Waals surface area contributed by atoms with Crippen LogP contribution in [0.3, 0.4) is 0 Å². The fraction of sp³-hybridized carbons (Fsp3) is 0.667. The molecule has 0 aliphatic heterocycles. The zero-order valence-electron chi connectivity index (χ0n) is 5.55. The second kappa shape index (κ2) is 2.62. The molecule has 0 saturated heterocycles. The molecule has 0 amide bonds. The summed E-state index contributed by atoms with van der Waals surface area (Å²) in [4.78, 5) is 20.1. The summed E-state index contributed by atoms with van der Waals surface area (Å²) < 4.78 is 0. The average Bonchev–Trinajstić information content (AvgIpc) is 1.63. The standard InChI is InChI=1S/C6H10O3/c1-6(2,4-7)3-5(8)9/h4H,3H2,1-2H3,(H,8,9). The van der Waals surface area contributed by atoms with Crippen LogP contribution in [0.15, 0.2) is 0 Å². The van der Waals surface area contributed by atoms with Crippen LogP contribution < -0.4 is 0 Å². The molecule has 3 heteroatoms. The predicted octanol–water partition coefficient (Wildman–Crippen LogP) is 0.686. The molecule has 0 fully saturated rings. The van der Waals surface area contributed by atoms with Crippen LogP contribution in [-0.2, 0) is 9.59 Å². The topological polar surface area (TPSA) is 54.4 Å². The number of carbonyl (C=O) groups excluding carboxylic acids is 1. The summed E-state index contributed by atoms with van der Waals surface area (Å²) in [5.41, 5.74) is -0.716. The highest BCUT2D eigenvalue weighted by atomic mass is 16.4. The predicted molar refractivity (Wildman–Crippen MR) is 32.1 cm³/mol. The number of aliphatic carboxylic acids is 1. The molecule has 52 valence electrons. The van der Waals surface area contributed by atoms with Crippen molar-refractivity contribution in [1.29, 1.82) is 0 Å². The third-order valence-electron chi connectivity index (χ3n) is 0.926. The van der Waals surface area contributed by atoms with Gasteiger partial charge in [0.05, 0.1) is 6.42 Å². The van der Waals surface area contributed by atoms with Crippen LogP contribution in [0.2, 0.25) is 0 Å². The summed E-state index contributed by atoms with van der Waals surface area (Å²) in [6, 6.07) is 0. The maximum atomic E-state index is 10.1. The van der Waals surface area contributed by atoms with E-state index in [-0.39, 0.29) is 6.42 Å². The largest absolute Gasteiger partial charge is 0.481 e. The molecule has 3 nitrogen and oxygen atoms in total. The molecule has 0 aliphatic rings. The van der Waals surface area contributed by atoms with Gasteiger partial charge in [-0.3, -0.25) is 4.79 Å². The first-order valence-corrected chi connectivity index (χ1v) is 2.66. The van der Waals surface area contributed by atoms with E-state index in [4.69, 9.17) is 5.11 Å². The Morgan fingerprint density at radius 3 is 2.22 bits per heavy atom. The van der Waals surface area contributed by atoms with E-state index in [1.165, 1.54) is 0 Å². The lowest BCUT2D eigenvalue weighted by Crippen LogP contribution is -2.17. The van der Waals surface area contributed by atoms with Gasteiger partial charge in [-0.2, -0.15) is 0 Å². The number of rotatable bonds is 3. The Morgan fingerprint density at radius 2 is 2.11 bits per heavy atom. The van der Waals surface area contributed by atoms with E-state index in [1.54, 1.807) is 13.8 Å². The maximum Gasteiger partial charge on any atom is 0.304 e. The molecule has 0 rings (SSSR count). The van der Waals surface area contributed by atoms with Crippen LogP contribution in [0.25, 0.3) is 0 Å². The Bertz CT molecular complexity index is 126.